The summed E-state index contributed by atoms with van der Waals surface area (Å²) in [5.74, 6) is 0.141. The van der Waals surface area contributed by atoms with Crippen LogP contribution in [0.1, 0.15) is 38.5 Å². The maximum absolute atomic E-state index is 11.4. The fraction of sp³-hybridized carbons (Fsp3) is 0.909. The number of ether oxygens (including phenoxy) is 1. The Morgan fingerprint density at radius 1 is 1.40 bits per heavy atom. The number of rotatable bonds is 7. The van der Waals surface area contributed by atoms with E-state index in [0.717, 1.165) is 45.3 Å². The second-order valence-corrected chi connectivity index (χ2v) is 4.04. The number of nitrogens with one attached hydrogen (secondary N) is 1. The van der Waals surface area contributed by atoms with Crippen molar-refractivity contribution < 1.29 is 9.53 Å². The van der Waals surface area contributed by atoms with Gasteiger partial charge in [-0.15, -0.1) is 0 Å². The van der Waals surface area contributed by atoms with E-state index in [-0.39, 0.29) is 12.0 Å². The lowest BCUT2D eigenvalue weighted by Crippen LogP contribution is -2.31. The van der Waals surface area contributed by atoms with Crippen molar-refractivity contribution in [2.45, 2.75) is 44.6 Å². The molecule has 0 aromatic carbocycles. The zero-order valence-corrected chi connectivity index (χ0v) is 9.34. The van der Waals surface area contributed by atoms with Crippen molar-refractivity contribution in [1.29, 1.82) is 0 Å². The van der Waals surface area contributed by atoms with Crippen LogP contribution >= 0.6 is 0 Å². The summed E-state index contributed by atoms with van der Waals surface area (Å²) in [4.78, 5) is 11.4. The van der Waals surface area contributed by atoms with Gasteiger partial charge in [0.1, 0.15) is 0 Å². The standard InChI is InChI=1S/C11H22N2O2/c12-7-3-1-2-6-11(14)13-9-10-5-4-8-15-10/h10H,1-9,12H2,(H,13,14)/t10-/m1/s1. The van der Waals surface area contributed by atoms with Crippen LogP contribution < -0.4 is 11.1 Å². The van der Waals surface area contributed by atoms with Gasteiger partial charge in [0, 0.05) is 19.6 Å². The monoisotopic (exact) mass is 214 g/mol. The Balaban J connectivity index is 1.93. The molecule has 15 heavy (non-hydrogen) atoms. The quantitative estimate of drug-likeness (QED) is 0.616. The lowest BCUT2D eigenvalue weighted by atomic mass is 10.2. The molecular weight excluding hydrogens is 192 g/mol. The second-order valence-electron chi connectivity index (χ2n) is 4.04. The van der Waals surface area contributed by atoms with Crippen LogP contribution in [-0.4, -0.2) is 31.7 Å². The molecule has 0 bridgehead atoms. The Labute approximate surface area is 91.5 Å². The van der Waals surface area contributed by atoms with Gasteiger partial charge in [0.05, 0.1) is 6.10 Å². The van der Waals surface area contributed by atoms with E-state index in [2.05, 4.69) is 5.32 Å². The van der Waals surface area contributed by atoms with Gasteiger partial charge in [-0.05, 0) is 32.2 Å². The summed E-state index contributed by atoms with van der Waals surface area (Å²) >= 11 is 0. The van der Waals surface area contributed by atoms with Gasteiger partial charge in [-0.1, -0.05) is 6.42 Å². The molecule has 1 heterocycles. The Kier molecular flexibility index (Phi) is 6.36. The average Bonchev–Trinajstić information content (AvgIpc) is 2.74. The summed E-state index contributed by atoms with van der Waals surface area (Å²) in [7, 11) is 0. The van der Waals surface area contributed by atoms with Crippen molar-refractivity contribution in [3.05, 3.63) is 0 Å². The summed E-state index contributed by atoms with van der Waals surface area (Å²) in [6, 6.07) is 0. The van der Waals surface area contributed by atoms with Gasteiger partial charge in [-0.25, -0.2) is 0 Å². The summed E-state index contributed by atoms with van der Waals surface area (Å²) in [5, 5.41) is 2.91. The Hall–Kier alpha value is -0.610. The van der Waals surface area contributed by atoms with Gasteiger partial charge in [-0.2, -0.15) is 0 Å². The summed E-state index contributed by atoms with van der Waals surface area (Å²) in [6.07, 6.45) is 6.06. The summed E-state index contributed by atoms with van der Waals surface area (Å²) < 4.78 is 5.42. The molecule has 4 nitrogen and oxygen atoms in total. The van der Waals surface area contributed by atoms with Crippen LogP contribution in [0.15, 0.2) is 0 Å². The van der Waals surface area contributed by atoms with Gasteiger partial charge in [0.25, 0.3) is 0 Å². The van der Waals surface area contributed by atoms with Crippen LogP contribution in [0.3, 0.4) is 0 Å². The minimum absolute atomic E-state index is 0.141. The second kappa shape index (κ2) is 7.65. The number of nitrogens with two attached hydrogens (primary N) is 1. The topological polar surface area (TPSA) is 64.4 Å². The number of hydrogen-bond acceptors (Lipinski definition) is 3. The van der Waals surface area contributed by atoms with Crippen molar-refractivity contribution in [3.8, 4) is 0 Å². The smallest absolute Gasteiger partial charge is 0.220 e. The number of amides is 1. The van der Waals surface area contributed by atoms with E-state index in [9.17, 15) is 4.79 Å². The first-order valence-corrected chi connectivity index (χ1v) is 5.91. The zero-order valence-electron chi connectivity index (χ0n) is 9.34. The maximum atomic E-state index is 11.4. The Morgan fingerprint density at radius 2 is 2.27 bits per heavy atom. The van der Waals surface area contributed by atoms with Gasteiger partial charge >= 0.3 is 0 Å². The molecule has 0 aromatic rings. The molecule has 4 heteroatoms. The number of unbranched alkanes of at least 4 members (excludes halogenated alkanes) is 2. The third-order valence-electron chi connectivity index (χ3n) is 2.66. The predicted molar refractivity (Wildman–Crippen MR) is 59.5 cm³/mol. The third-order valence-corrected chi connectivity index (χ3v) is 2.66. The van der Waals surface area contributed by atoms with E-state index in [1.807, 2.05) is 0 Å². The van der Waals surface area contributed by atoms with Crippen molar-refractivity contribution in [2.24, 2.45) is 5.73 Å². The molecular formula is C11H22N2O2. The molecule has 88 valence electrons. The third kappa shape index (κ3) is 5.74. The number of carbonyl (C=O) groups is 1. The molecule has 0 aromatic heterocycles. The Bertz CT molecular complexity index is 179. The van der Waals surface area contributed by atoms with Crippen LogP contribution in [-0.2, 0) is 9.53 Å². The highest BCUT2D eigenvalue weighted by Gasteiger charge is 2.15. The van der Waals surface area contributed by atoms with Crippen LogP contribution in [0.2, 0.25) is 0 Å². The predicted octanol–water partition coefficient (Wildman–Crippen LogP) is 0.801. The van der Waals surface area contributed by atoms with E-state index in [4.69, 9.17) is 10.5 Å². The summed E-state index contributed by atoms with van der Waals surface area (Å²) in [5.41, 5.74) is 5.37. The van der Waals surface area contributed by atoms with Crippen molar-refractivity contribution in [3.63, 3.8) is 0 Å². The van der Waals surface area contributed by atoms with E-state index in [1.165, 1.54) is 0 Å². The molecule has 0 spiro atoms. The van der Waals surface area contributed by atoms with Crippen LogP contribution in [0.5, 0.6) is 0 Å². The minimum Gasteiger partial charge on any atom is -0.376 e. The van der Waals surface area contributed by atoms with Crippen molar-refractivity contribution in [2.75, 3.05) is 19.7 Å². The molecule has 0 saturated carbocycles. The first kappa shape index (κ1) is 12.5. The molecule has 1 rings (SSSR count). The van der Waals surface area contributed by atoms with E-state index < -0.39 is 0 Å². The fourth-order valence-electron chi connectivity index (χ4n) is 1.73. The van der Waals surface area contributed by atoms with Gasteiger partial charge in [0.2, 0.25) is 5.91 Å². The molecule has 1 aliphatic heterocycles. The SMILES string of the molecule is NCCCCCC(=O)NC[C@H]1CCCO1. The van der Waals surface area contributed by atoms with Gasteiger partial charge in [0.15, 0.2) is 0 Å². The molecule has 0 aliphatic carbocycles. The molecule has 0 radical (unpaired) electrons. The highest BCUT2D eigenvalue weighted by atomic mass is 16.5. The molecule has 1 aliphatic rings. The lowest BCUT2D eigenvalue weighted by molar-refractivity contribution is -0.121. The zero-order chi connectivity index (χ0) is 10.9. The number of hydrogen-bond donors (Lipinski definition) is 2. The van der Waals surface area contributed by atoms with E-state index in [1.54, 1.807) is 0 Å². The Morgan fingerprint density at radius 3 is 2.93 bits per heavy atom. The first-order valence-electron chi connectivity index (χ1n) is 5.91. The molecule has 0 unspecified atom stereocenters. The molecule has 1 fully saturated rings. The van der Waals surface area contributed by atoms with Crippen LogP contribution in [0.4, 0.5) is 0 Å². The lowest BCUT2D eigenvalue weighted by Gasteiger charge is -2.10. The van der Waals surface area contributed by atoms with Crippen molar-refractivity contribution >= 4 is 5.91 Å². The number of carbonyl (C=O) groups excluding carboxylic acids is 1. The molecule has 3 N–H and O–H groups in total. The largest absolute Gasteiger partial charge is 0.376 e. The normalized spacial score (nSPS) is 20.5. The molecule has 1 atom stereocenters. The highest BCUT2D eigenvalue weighted by Crippen LogP contribution is 2.10. The van der Waals surface area contributed by atoms with Crippen LogP contribution in [0, 0.1) is 0 Å². The van der Waals surface area contributed by atoms with Crippen LogP contribution in [0.25, 0.3) is 0 Å². The van der Waals surface area contributed by atoms with E-state index in [0.29, 0.717) is 13.0 Å². The molecule has 1 amide bonds. The maximum Gasteiger partial charge on any atom is 0.220 e. The highest BCUT2D eigenvalue weighted by molar-refractivity contribution is 5.75. The molecule has 1 saturated heterocycles. The van der Waals surface area contributed by atoms with E-state index >= 15 is 0 Å². The minimum atomic E-state index is 0.141. The summed E-state index contributed by atoms with van der Waals surface area (Å²) in [6.45, 7) is 2.24. The van der Waals surface area contributed by atoms with Crippen molar-refractivity contribution in [1.82, 2.24) is 5.32 Å². The first-order chi connectivity index (χ1) is 7.33. The average molecular weight is 214 g/mol. The fourth-order valence-corrected chi connectivity index (χ4v) is 1.73. The van der Waals surface area contributed by atoms with Gasteiger partial charge < -0.3 is 15.8 Å². The van der Waals surface area contributed by atoms with Gasteiger partial charge in [-0.3, -0.25) is 4.79 Å².